The van der Waals surface area contributed by atoms with Crippen LogP contribution in [-0.2, 0) is 4.74 Å². The molecule has 1 saturated carbocycles. The SMILES string of the molecule is CC1CCCC(NCC2CCC(C)(C)O2)C1. The molecule has 0 radical (unpaired) electrons. The molecule has 0 aromatic heterocycles. The van der Waals surface area contributed by atoms with Crippen LogP contribution < -0.4 is 5.32 Å². The van der Waals surface area contributed by atoms with E-state index in [0.717, 1.165) is 18.5 Å². The topological polar surface area (TPSA) is 21.3 Å². The molecule has 0 amide bonds. The van der Waals surface area contributed by atoms with E-state index in [1.807, 2.05) is 0 Å². The van der Waals surface area contributed by atoms with Gasteiger partial charge in [0.25, 0.3) is 0 Å². The first-order valence-electron chi connectivity index (χ1n) is 6.96. The zero-order valence-corrected chi connectivity index (χ0v) is 11.1. The lowest BCUT2D eigenvalue weighted by Crippen LogP contribution is -2.38. The molecule has 1 N–H and O–H groups in total. The number of nitrogens with one attached hydrogen (secondary N) is 1. The molecule has 1 aliphatic heterocycles. The second-order valence-corrected chi connectivity index (χ2v) is 6.42. The zero-order chi connectivity index (χ0) is 11.6. The summed E-state index contributed by atoms with van der Waals surface area (Å²) < 4.78 is 6.00. The van der Waals surface area contributed by atoms with E-state index >= 15 is 0 Å². The Morgan fingerprint density at radius 2 is 2.06 bits per heavy atom. The van der Waals surface area contributed by atoms with Crippen molar-refractivity contribution in [1.82, 2.24) is 5.32 Å². The molecular formula is C14H27NO. The van der Waals surface area contributed by atoms with Crippen molar-refractivity contribution in [3.05, 3.63) is 0 Å². The van der Waals surface area contributed by atoms with Crippen LogP contribution >= 0.6 is 0 Å². The summed E-state index contributed by atoms with van der Waals surface area (Å²) in [5, 5.41) is 3.71. The normalized spacial score (nSPS) is 38.8. The van der Waals surface area contributed by atoms with Gasteiger partial charge >= 0.3 is 0 Å². The highest BCUT2D eigenvalue weighted by molar-refractivity contribution is 4.84. The van der Waals surface area contributed by atoms with Gasteiger partial charge in [-0.1, -0.05) is 19.8 Å². The van der Waals surface area contributed by atoms with Crippen molar-refractivity contribution in [3.63, 3.8) is 0 Å². The van der Waals surface area contributed by atoms with Crippen LogP contribution in [0.4, 0.5) is 0 Å². The lowest BCUT2D eigenvalue weighted by Gasteiger charge is -2.29. The molecule has 0 spiro atoms. The van der Waals surface area contributed by atoms with Crippen molar-refractivity contribution in [2.45, 2.75) is 77.0 Å². The van der Waals surface area contributed by atoms with Gasteiger partial charge in [-0.25, -0.2) is 0 Å². The van der Waals surface area contributed by atoms with Crippen molar-refractivity contribution < 1.29 is 4.74 Å². The minimum Gasteiger partial charge on any atom is -0.371 e. The lowest BCUT2D eigenvalue weighted by molar-refractivity contribution is -0.0157. The molecule has 3 unspecified atom stereocenters. The number of hydrogen-bond acceptors (Lipinski definition) is 2. The van der Waals surface area contributed by atoms with E-state index in [1.54, 1.807) is 0 Å². The Hall–Kier alpha value is -0.0800. The van der Waals surface area contributed by atoms with Gasteiger partial charge in [0.15, 0.2) is 0 Å². The van der Waals surface area contributed by atoms with Crippen molar-refractivity contribution in [1.29, 1.82) is 0 Å². The minimum absolute atomic E-state index is 0.117. The van der Waals surface area contributed by atoms with E-state index in [1.165, 1.54) is 38.5 Å². The Morgan fingerprint density at radius 1 is 1.25 bits per heavy atom. The smallest absolute Gasteiger partial charge is 0.0707 e. The van der Waals surface area contributed by atoms with Crippen molar-refractivity contribution in [2.24, 2.45) is 5.92 Å². The van der Waals surface area contributed by atoms with Gasteiger partial charge in [0.05, 0.1) is 11.7 Å². The van der Waals surface area contributed by atoms with Crippen LogP contribution in [0.3, 0.4) is 0 Å². The summed E-state index contributed by atoms with van der Waals surface area (Å²) in [6.45, 7) is 7.84. The summed E-state index contributed by atoms with van der Waals surface area (Å²) in [7, 11) is 0. The highest BCUT2D eigenvalue weighted by atomic mass is 16.5. The largest absolute Gasteiger partial charge is 0.371 e. The maximum absolute atomic E-state index is 6.00. The second kappa shape index (κ2) is 5.05. The number of rotatable bonds is 3. The Morgan fingerprint density at radius 3 is 2.69 bits per heavy atom. The Labute approximate surface area is 100 Å². The average molecular weight is 225 g/mol. The average Bonchev–Trinajstić information content (AvgIpc) is 2.56. The van der Waals surface area contributed by atoms with Crippen LogP contribution in [0.15, 0.2) is 0 Å². The molecule has 94 valence electrons. The molecule has 0 aromatic carbocycles. The summed E-state index contributed by atoms with van der Waals surface area (Å²) in [5.41, 5.74) is 0.117. The Balaban J connectivity index is 1.68. The predicted molar refractivity (Wildman–Crippen MR) is 67.6 cm³/mol. The third-order valence-corrected chi connectivity index (χ3v) is 4.12. The van der Waals surface area contributed by atoms with Crippen molar-refractivity contribution in [3.8, 4) is 0 Å². The Kier molecular flexibility index (Phi) is 3.91. The van der Waals surface area contributed by atoms with Crippen LogP contribution in [0.1, 0.15) is 59.3 Å². The number of ether oxygens (including phenoxy) is 1. The maximum Gasteiger partial charge on any atom is 0.0707 e. The van der Waals surface area contributed by atoms with E-state index in [9.17, 15) is 0 Å². The highest BCUT2D eigenvalue weighted by Crippen LogP contribution is 2.29. The van der Waals surface area contributed by atoms with Gasteiger partial charge < -0.3 is 10.1 Å². The summed E-state index contributed by atoms with van der Waals surface area (Å²) >= 11 is 0. The molecule has 2 rings (SSSR count). The first-order valence-corrected chi connectivity index (χ1v) is 6.96. The molecule has 0 aromatic rings. The maximum atomic E-state index is 6.00. The fourth-order valence-electron chi connectivity index (χ4n) is 3.14. The van der Waals surface area contributed by atoms with Crippen LogP contribution in [0.2, 0.25) is 0 Å². The van der Waals surface area contributed by atoms with Crippen LogP contribution in [0.25, 0.3) is 0 Å². The standard InChI is InChI=1S/C14H27NO/c1-11-5-4-6-12(9-11)15-10-13-7-8-14(2,3)16-13/h11-13,15H,4-10H2,1-3H3. The van der Waals surface area contributed by atoms with Gasteiger partial charge in [0.1, 0.15) is 0 Å². The lowest BCUT2D eigenvalue weighted by atomic mass is 9.87. The second-order valence-electron chi connectivity index (χ2n) is 6.42. The van der Waals surface area contributed by atoms with E-state index in [-0.39, 0.29) is 5.60 Å². The minimum atomic E-state index is 0.117. The zero-order valence-electron chi connectivity index (χ0n) is 11.1. The van der Waals surface area contributed by atoms with Crippen molar-refractivity contribution >= 4 is 0 Å². The van der Waals surface area contributed by atoms with Crippen molar-refractivity contribution in [2.75, 3.05) is 6.54 Å². The van der Waals surface area contributed by atoms with Gasteiger partial charge in [0, 0.05) is 12.6 Å². The van der Waals surface area contributed by atoms with E-state index < -0.39 is 0 Å². The molecular weight excluding hydrogens is 198 g/mol. The molecule has 2 aliphatic rings. The van der Waals surface area contributed by atoms with Gasteiger partial charge in [-0.15, -0.1) is 0 Å². The quantitative estimate of drug-likeness (QED) is 0.797. The van der Waals surface area contributed by atoms with E-state index in [2.05, 4.69) is 26.1 Å². The molecule has 16 heavy (non-hydrogen) atoms. The van der Waals surface area contributed by atoms with Crippen LogP contribution in [0.5, 0.6) is 0 Å². The van der Waals surface area contributed by atoms with Gasteiger partial charge in [-0.3, -0.25) is 0 Å². The van der Waals surface area contributed by atoms with E-state index in [4.69, 9.17) is 4.74 Å². The Bertz CT molecular complexity index is 225. The summed E-state index contributed by atoms with van der Waals surface area (Å²) in [6.07, 6.45) is 8.42. The third-order valence-electron chi connectivity index (χ3n) is 4.12. The molecule has 3 atom stereocenters. The predicted octanol–water partition coefficient (Wildman–Crippen LogP) is 3.11. The van der Waals surface area contributed by atoms with Gasteiger partial charge in [-0.05, 0) is 45.4 Å². The van der Waals surface area contributed by atoms with Crippen LogP contribution in [-0.4, -0.2) is 24.3 Å². The van der Waals surface area contributed by atoms with E-state index in [0.29, 0.717) is 6.10 Å². The summed E-state index contributed by atoms with van der Waals surface area (Å²) in [5.74, 6) is 0.909. The highest BCUT2D eigenvalue weighted by Gasteiger charge is 2.31. The van der Waals surface area contributed by atoms with Gasteiger partial charge in [-0.2, -0.15) is 0 Å². The van der Waals surface area contributed by atoms with Gasteiger partial charge in [0.2, 0.25) is 0 Å². The fraction of sp³-hybridized carbons (Fsp3) is 1.00. The molecule has 2 fully saturated rings. The summed E-state index contributed by atoms with van der Waals surface area (Å²) in [4.78, 5) is 0. The molecule has 1 heterocycles. The first-order chi connectivity index (χ1) is 7.55. The monoisotopic (exact) mass is 225 g/mol. The summed E-state index contributed by atoms with van der Waals surface area (Å²) in [6, 6.07) is 0.746. The fourth-order valence-corrected chi connectivity index (χ4v) is 3.14. The molecule has 2 heteroatoms. The van der Waals surface area contributed by atoms with Crippen LogP contribution in [0, 0.1) is 5.92 Å². The third kappa shape index (κ3) is 3.46. The molecule has 2 nitrogen and oxygen atoms in total. The number of hydrogen-bond donors (Lipinski definition) is 1. The molecule has 1 aliphatic carbocycles. The first kappa shape index (κ1) is 12.4. The molecule has 0 bridgehead atoms. The molecule has 1 saturated heterocycles.